The van der Waals surface area contributed by atoms with E-state index in [2.05, 4.69) is 21.8 Å². The van der Waals surface area contributed by atoms with Gasteiger partial charge in [0.2, 0.25) is 0 Å². The minimum absolute atomic E-state index is 1.07. The van der Waals surface area contributed by atoms with E-state index in [1.165, 1.54) is 43.5 Å². The van der Waals surface area contributed by atoms with Crippen LogP contribution in [0.4, 0.5) is 0 Å². The summed E-state index contributed by atoms with van der Waals surface area (Å²) in [6, 6.07) is 0. The summed E-state index contributed by atoms with van der Waals surface area (Å²) in [6.45, 7) is 5.46. The van der Waals surface area contributed by atoms with Crippen molar-refractivity contribution >= 4 is 0 Å². The van der Waals surface area contributed by atoms with E-state index in [1.54, 1.807) is 0 Å². The standard InChI is InChI=1S/C12H21N3/c1-2-7-13-8-9-15-10-14-11-5-3-4-6-12(11)15/h10,13H,2-9H2,1H3. The molecule has 0 aromatic carbocycles. The molecule has 0 bridgehead atoms. The zero-order valence-corrected chi connectivity index (χ0v) is 9.63. The molecule has 0 saturated carbocycles. The lowest BCUT2D eigenvalue weighted by Gasteiger charge is -2.14. The van der Waals surface area contributed by atoms with Gasteiger partial charge >= 0.3 is 0 Å². The molecule has 1 aliphatic rings. The van der Waals surface area contributed by atoms with Gasteiger partial charge in [-0.15, -0.1) is 0 Å². The summed E-state index contributed by atoms with van der Waals surface area (Å²) in [5.41, 5.74) is 2.83. The molecule has 0 saturated heterocycles. The van der Waals surface area contributed by atoms with Crippen molar-refractivity contribution in [2.75, 3.05) is 13.1 Å². The third-order valence-electron chi connectivity index (χ3n) is 3.07. The zero-order valence-electron chi connectivity index (χ0n) is 9.63. The molecule has 3 nitrogen and oxygen atoms in total. The Hall–Kier alpha value is -0.830. The highest BCUT2D eigenvalue weighted by Gasteiger charge is 2.14. The van der Waals surface area contributed by atoms with Gasteiger partial charge in [-0.2, -0.15) is 0 Å². The molecular formula is C12H21N3. The third-order valence-corrected chi connectivity index (χ3v) is 3.07. The van der Waals surface area contributed by atoms with Gasteiger partial charge in [0.1, 0.15) is 0 Å². The highest BCUT2D eigenvalue weighted by molar-refractivity contribution is 5.16. The number of nitrogens with zero attached hydrogens (tertiary/aromatic N) is 2. The molecule has 1 heterocycles. The highest BCUT2D eigenvalue weighted by Crippen LogP contribution is 2.19. The van der Waals surface area contributed by atoms with Crippen molar-refractivity contribution in [3.63, 3.8) is 0 Å². The molecule has 0 atom stereocenters. The Kier molecular flexibility index (Phi) is 3.78. The second-order valence-electron chi connectivity index (χ2n) is 4.29. The predicted molar refractivity (Wildman–Crippen MR) is 62.0 cm³/mol. The molecule has 0 amide bonds. The molecule has 0 aliphatic heterocycles. The molecule has 0 fully saturated rings. The van der Waals surface area contributed by atoms with Crippen molar-refractivity contribution in [1.82, 2.24) is 14.9 Å². The highest BCUT2D eigenvalue weighted by atomic mass is 15.1. The van der Waals surface area contributed by atoms with Crippen LogP contribution in [0.2, 0.25) is 0 Å². The van der Waals surface area contributed by atoms with E-state index in [4.69, 9.17) is 0 Å². The molecule has 84 valence electrons. The van der Waals surface area contributed by atoms with Crippen LogP contribution < -0.4 is 5.32 Å². The third kappa shape index (κ3) is 2.59. The van der Waals surface area contributed by atoms with Gasteiger partial charge in [-0.05, 0) is 38.6 Å². The number of imidazole rings is 1. The van der Waals surface area contributed by atoms with E-state index in [9.17, 15) is 0 Å². The van der Waals surface area contributed by atoms with Crippen LogP contribution in [0.3, 0.4) is 0 Å². The summed E-state index contributed by atoms with van der Waals surface area (Å²) in [6.07, 6.45) is 8.29. The average Bonchev–Trinajstić information content (AvgIpc) is 2.68. The first-order valence-corrected chi connectivity index (χ1v) is 6.15. The Balaban J connectivity index is 1.88. The van der Waals surface area contributed by atoms with Crippen molar-refractivity contribution in [2.45, 2.75) is 45.6 Å². The quantitative estimate of drug-likeness (QED) is 0.746. The van der Waals surface area contributed by atoms with Gasteiger partial charge in [0, 0.05) is 18.8 Å². The van der Waals surface area contributed by atoms with Crippen LogP contribution in [0, 0.1) is 0 Å². The van der Waals surface area contributed by atoms with Crippen molar-refractivity contribution in [1.29, 1.82) is 0 Å². The molecule has 1 aromatic heterocycles. The maximum atomic E-state index is 4.49. The Morgan fingerprint density at radius 3 is 3.07 bits per heavy atom. The number of hydrogen-bond acceptors (Lipinski definition) is 2. The number of rotatable bonds is 5. The van der Waals surface area contributed by atoms with Crippen LogP contribution in [0.5, 0.6) is 0 Å². The molecule has 1 N–H and O–H groups in total. The van der Waals surface area contributed by atoms with E-state index in [-0.39, 0.29) is 0 Å². The minimum atomic E-state index is 1.07. The van der Waals surface area contributed by atoms with E-state index in [1.807, 2.05) is 6.33 Å². The zero-order chi connectivity index (χ0) is 10.5. The van der Waals surface area contributed by atoms with Gasteiger partial charge in [-0.25, -0.2) is 4.98 Å². The number of hydrogen-bond donors (Lipinski definition) is 1. The number of fused-ring (bicyclic) bond motifs is 1. The molecule has 1 aromatic rings. The number of aromatic nitrogens is 2. The SMILES string of the molecule is CCCNCCn1cnc2c1CCCC2. The number of nitrogens with one attached hydrogen (secondary N) is 1. The lowest BCUT2D eigenvalue weighted by atomic mass is 10.0. The fourth-order valence-corrected chi connectivity index (χ4v) is 2.22. The van der Waals surface area contributed by atoms with Crippen molar-refractivity contribution < 1.29 is 0 Å². The van der Waals surface area contributed by atoms with Gasteiger partial charge in [0.25, 0.3) is 0 Å². The monoisotopic (exact) mass is 207 g/mol. The molecular weight excluding hydrogens is 186 g/mol. The van der Waals surface area contributed by atoms with Crippen LogP contribution in [0.1, 0.15) is 37.6 Å². The minimum Gasteiger partial charge on any atom is -0.333 e. The lowest BCUT2D eigenvalue weighted by Crippen LogP contribution is -2.21. The summed E-state index contributed by atoms with van der Waals surface area (Å²) in [4.78, 5) is 4.49. The fourth-order valence-electron chi connectivity index (χ4n) is 2.22. The van der Waals surface area contributed by atoms with Gasteiger partial charge in [-0.1, -0.05) is 6.92 Å². The molecule has 2 rings (SSSR count). The Bertz CT molecular complexity index is 304. The first kappa shape index (κ1) is 10.7. The van der Waals surface area contributed by atoms with Gasteiger partial charge in [-0.3, -0.25) is 0 Å². The summed E-state index contributed by atoms with van der Waals surface area (Å²) >= 11 is 0. The second-order valence-corrected chi connectivity index (χ2v) is 4.29. The van der Waals surface area contributed by atoms with Crippen molar-refractivity contribution in [3.8, 4) is 0 Å². The second kappa shape index (κ2) is 5.31. The first-order chi connectivity index (χ1) is 7.42. The Morgan fingerprint density at radius 2 is 2.20 bits per heavy atom. The van der Waals surface area contributed by atoms with Crippen LogP contribution >= 0.6 is 0 Å². The summed E-state index contributed by atoms with van der Waals surface area (Å²) in [5, 5.41) is 3.43. The molecule has 0 radical (unpaired) electrons. The predicted octanol–water partition coefficient (Wildman–Crippen LogP) is 1.76. The summed E-state index contributed by atoms with van der Waals surface area (Å²) in [5.74, 6) is 0. The molecule has 1 aliphatic carbocycles. The largest absolute Gasteiger partial charge is 0.333 e. The Morgan fingerprint density at radius 1 is 1.33 bits per heavy atom. The summed E-state index contributed by atoms with van der Waals surface area (Å²) in [7, 11) is 0. The lowest BCUT2D eigenvalue weighted by molar-refractivity contribution is 0.561. The molecule has 0 spiro atoms. The van der Waals surface area contributed by atoms with Crippen molar-refractivity contribution in [3.05, 3.63) is 17.7 Å². The normalized spacial score (nSPS) is 15.3. The van der Waals surface area contributed by atoms with Crippen LogP contribution in [-0.4, -0.2) is 22.6 Å². The maximum Gasteiger partial charge on any atom is 0.0952 e. The Labute approximate surface area is 91.9 Å². The smallest absolute Gasteiger partial charge is 0.0952 e. The van der Waals surface area contributed by atoms with E-state index in [0.29, 0.717) is 0 Å². The van der Waals surface area contributed by atoms with E-state index in [0.717, 1.165) is 19.6 Å². The molecule has 3 heteroatoms. The molecule has 15 heavy (non-hydrogen) atoms. The first-order valence-electron chi connectivity index (χ1n) is 6.15. The van der Waals surface area contributed by atoms with Gasteiger partial charge in [0.05, 0.1) is 12.0 Å². The number of aryl methyl sites for hydroxylation is 1. The topological polar surface area (TPSA) is 29.9 Å². The van der Waals surface area contributed by atoms with Crippen LogP contribution in [0.25, 0.3) is 0 Å². The van der Waals surface area contributed by atoms with Gasteiger partial charge in [0.15, 0.2) is 0 Å². The van der Waals surface area contributed by atoms with E-state index >= 15 is 0 Å². The van der Waals surface area contributed by atoms with Crippen molar-refractivity contribution in [2.24, 2.45) is 0 Å². The van der Waals surface area contributed by atoms with Gasteiger partial charge < -0.3 is 9.88 Å². The maximum absolute atomic E-state index is 4.49. The van der Waals surface area contributed by atoms with Crippen LogP contribution in [-0.2, 0) is 19.4 Å². The van der Waals surface area contributed by atoms with E-state index < -0.39 is 0 Å². The summed E-state index contributed by atoms with van der Waals surface area (Å²) < 4.78 is 2.33. The van der Waals surface area contributed by atoms with Crippen LogP contribution in [0.15, 0.2) is 6.33 Å². The fraction of sp³-hybridized carbons (Fsp3) is 0.750. The average molecular weight is 207 g/mol. The molecule has 0 unspecified atom stereocenters.